The Balaban J connectivity index is 2.18. The first-order valence-electron chi connectivity index (χ1n) is 5.39. The highest BCUT2D eigenvalue weighted by molar-refractivity contribution is 5.89. The zero-order valence-electron chi connectivity index (χ0n) is 9.47. The molecule has 0 fully saturated rings. The van der Waals surface area contributed by atoms with Crippen molar-refractivity contribution in [2.24, 2.45) is 5.92 Å². The number of carbonyl (C=O) groups excluding carboxylic acids is 1. The molecule has 1 amide bonds. The van der Waals surface area contributed by atoms with Crippen LogP contribution in [-0.4, -0.2) is 15.3 Å². The van der Waals surface area contributed by atoms with Crippen molar-refractivity contribution in [1.82, 2.24) is 9.38 Å². The Labute approximate surface area is 94.3 Å². The molecule has 0 radical (unpaired) electrons. The summed E-state index contributed by atoms with van der Waals surface area (Å²) in [4.78, 5) is 15.8. The molecule has 0 aromatic carbocycles. The zero-order chi connectivity index (χ0) is 11.5. The van der Waals surface area contributed by atoms with Crippen LogP contribution in [0.1, 0.15) is 20.3 Å². The predicted octanol–water partition coefficient (Wildman–Crippen LogP) is 2.32. The van der Waals surface area contributed by atoms with Crippen LogP contribution in [0.5, 0.6) is 0 Å². The normalized spacial score (nSPS) is 10.9. The summed E-state index contributed by atoms with van der Waals surface area (Å²) in [6, 6.07) is 5.80. The fraction of sp³-hybridized carbons (Fsp3) is 0.333. The van der Waals surface area contributed by atoms with E-state index in [0.29, 0.717) is 18.3 Å². The third kappa shape index (κ3) is 2.21. The van der Waals surface area contributed by atoms with Gasteiger partial charge < -0.3 is 0 Å². The van der Waals surface area contributed by atoms with Gasteiger partial charge in [-0.25, -0.2) is 4.98 Å². The minimum atomic E-state index is 0.00588. The van der Waals surface area contributed by atoms with E-state index in [1.54, 1.807) is 6.20 Å². The van der Waals surface area contributed by atoms with Gasteiger partial charge in [-0.1, -0.05) is 19.9 Å². The van der Waals surface area contributed by atoms with E-state index in [0.717, 1.165) is 5.52 Å². The van der Waals surface area contributed by atoms with Crippen LogP contribution in [0, 0.1) is 5.92 Å². The number of aromatic nitrogens is 2. The highest BCUT2D eigenvalue weighted by Gasteiger charge is 2.08. The predicted molar refractivity (Wildman–Crippen MR) is 63.3 cm³/mol. The molecule has 0 saturated carbocycles. The van der Waals surface area contributed by atoms with Crippen LogP contribution in [0.25, 0.3) is 5.52 Å². The smallest absolute Gasteiger partial charge is 0.226 e. The summed E-state index contributed by atoms with van der Waals surface area (Å²) in [5.41, 5.74) is 0.974. The first-order chi connectivity index (χ1) is 7.66. The van der Waals surface area contributed by atoms with Gasteiger partial charge in [-0.3, -0.25) is 14.5 Å². The van der Waals surface area contributed by atoms with Gasteiger partial charge in [0, 0.05) is 12.6 Å². The SMILES string of the molecule is CC(C)CC(=O)Nc1ncc2ccccn12. The van der Waals surface area contributed by atoms with Crippen LogP contribution in [-0.2, 0) is 4.79 Å². The summed E-state index contributed by atoms with van der Waals surface area (Å²) < 4.78 is 1.86. The summed E-state index contributed by atoms with van der Waals surface area (Å²) in [6.45, 7) is 4.03. The first kappa shape index (κ1) is 10.7. The van der Waals surface area contributed by atoms with Crippen LogP contribution >= 0.6 is 0 Å². The Kier molecular flexibility index (Phi) is 2.90. The summed E-state index contributed by atoms with van der Waals surface area (Å²) in [7, 11) is 0. The number of nitrogens with one attached hydrogen (secondary N) is 1. The van der Waals surface area contributed by atoms with E-state index >= 15 is 0 Å². The van der Waals surface area contributed by atoms with Gasteiger partial charge in [-0.05, 0) is 18.1 Å². The van der Waals surface area contributed by atoms with E-state index in [-0.39, 0.29) is 5.91 Å². The fourth-order valence-corrected chi connectivity index (χ4v) is 1.58. The molecule has 0 spiro atoms. The maximum Gasteiger partial charge on any atom is 0.226 e. The van der Waals surface area contributed by atoms with Crippen LogP contribution in [0.4, 0.5) is 5.95 Å². The molecule has 84 valence electrons. The highest BCUT2D eigenvalue weighted by atomic mass is 16.1. The maximum atomic E-state index is 11.6. The molecular formula is C12H15N3O. The van der Waals surface area contributed by atoms with Gasteiger partial charge in [0.1, 0.15) is 0 Å². The Morgan fingerprint density at radius 1 is 1.50 bits per heavy atom. The van der Waals surface area contributed by atoms with E-state index in [2.05, 4.69) is 10.3 Å². The fourth-order valence-electron chi connectivity index (χ4n) is 1.58. The number of hydrogen-bond acceptors (Lipinski definition) is 2. The van der Waals surface area contributed by atoms with Crippen molar-refractivity contribution in [1.29, 1.82) is 0 Å². The van der Waals surface area contributed by atoms with Crippen molar-refractivity contribution in [3.63, 3.8) is 0 Å². The molecule has 0 aliphatic heterocycles. The van der Waals surface area contributed by atoms with Gasteiger partial charge in [0.25, 0.3) is 0 Å². The highest BCUT2D eigenvalue weighted by Crippen LogP contribution is 2.11. The lowest BCUT2D eigenvalue weighted by molar-refractivity contribution is -0.116. The summed E-state index contributed by atoms with van der Waals surface area (Å²) in [6.07, 6.45) is 4.14. The van der Waals surface area contributed by atoms with Gasteiger partial charge in [0.05, 0.1) is 11.7 Å². The lowest BCUT2D eigenvalue weighted by Gasteiger charge is -2.05. The van der Waals surface area contributed by atoms with Gasteiger partial charge in [-0.2, -0.15) is 0 Å². The first-order valence-corrected chi connectivity index (χ1v) is 5.39. The molecule has 0 aliphatic carbocycles. The molecule has 0 atom stereocenters. The van der Waals surface area contributed by atoms with Gasteiger partial charge >= 0.3 is 0 Å². The molecule has 4 nitrogen and oxygen atoms in total. The van der Waals surface area contributed by atoms with Crippen LogP contribution < -0.4 is 5.32 Å². The van der Waals surface area contributed by atoms with E-state index in [1.165, 1.54) is 0 Å². The number of carbonyl (C=O) groups is 1. The molecule has 0 unspecified atom stereocenters. The zero-order valence-corrected chi connectivity index (χ0v) is 9.47. The molecule has 0 saturated heterocycles. The molecule has 0 aliphatic rings. The van der Waals surface area contributed by atoms with Gasteiger partial charge in [0.15, 0.2) is 0 Å². The van der Waals surface area contributed by atoms with Crippen molar-refractivity contribution < 1.29 is 4.79 Å². The van der Waals surface area contributed by atoms with E-state index in [9.17, 15) is 4.79 Å². The summed E-state index contributed by atoms with van der Waals surface area (Å²) in [5.74, 6) is 0.943. The number of anilines is 1. The number of rotatable bonds is 3. The number of hydrogen-bond donors (Lipinski definition) is 1. The number of imidazole rings is 1. The topological polar surface area (TPSA) is 46.4 Å². The van der Waals surface area contributed by atoms with Crippen LogP contribution in [0.3, 0.4) is 0 Å². The summed E-state index contributed by atoms with van der Waals surface area (Å²) in [5, 5.41) is 2.81. The van der Waals surface area contributed by atoms with Gasteiger partial charge in [-0.15, -0.1) is 0 Å². The third-order valence-electron chi connectivity index (χ3n) is 2.28. The molecule has 4 heteroatoms. The van der Waals surface area contributed by atoms with Crippen molar-refractivity contribution in [3.8, 4) is 0 Å². The Hall–Kier alpha value is -1.84. The van der Waals surface area contributed by atoms with E-state index in [4.69, 9.17) is 0 Å². The second-order valence-electron chi connectivity index (χ2n) is 4.22. The lowest BCUT2D eigenvalue weighted by atomic mass is 10.1. The molecular weight excluding hydrogens is 202 g/mol. The van der Waals surface area contributed by atoms with Gasteiger partial charge in [0.2, 0.25) is 11.9 Å². The van der Waals surface area contributed by atoms with Crippen LogP contribution in [0.2, 0.25) is 0 Å². The molecule has 2 aromatic heterocycles. The molecule has 1 N–H and O–H groups in total. The van der Waals surface area contributed by atoms with Crippen molar-refractivity contribution in [2.75, 3.05) is 5.32 Å². The molecule has 2 aromatic rings. The average Bonchev–Trinajstić information content (AvgIpc) is 2.61. The number of nitrogens with zero attached hydrogens (tertiary/aromatic N) is 2. The largest absolute Gasteiger partial charge is 0.296 e. The quantitative estimate of drug-likeness (QED) is 0.857. The van der Waals surface area contributed by atoms with Crippen molar-refractivity contribution in [3.05, 3.63) is 30.6 Å². The number of pyridine rings is 1. The third-order valence-corrected chi connectivity index (χ3v) is 2.28. The second kappa shape index (κ2) is 4.35. The number of fused-ring (bicyclic) bond motifs is 1. The monoisotopic (exact) mass is 217 g/mol. The molecule has 0 bridgehead atoms. The van der Waals surface area contributed by atoms with Crippen molar-refractivity contribution in [2.45, 2.75) is 20.3 Å². The Morgan fingerprint density at radius 3 is 3.06 bits per heavy atom. The standard InChI is InChI=1S/C12H15N3O/c1-9(2)7-11(16)14-12-13-8-10-5-3-4-6-15(10)12/h3-6,8-9H,7H2,1-2H3,(H,13,14,16). The van der Waals surface area contributed by atoms with E-state index in [1.807, 2.05) is 42.6 Å². The second-order valence-corrected chi connectivity index (χ2v) is 4.22. The summed E-state index contributed by atoms with van der Waals surface area (Å²) >= 11 is 0. The Bertz CT molecular complexity index is 502. The molecule has 16 heavy (non-hydrogen) atoms. The molecule has 2 rings (SSSR count). The lowest BCUT2D eigenvalue weighted by Crippen LogP contribution is -2.15. The Morgan fingerprint density at radius 2 is 2.31 bits per heavy atom. The van der Waals surface area contributed by atoms with E-state index < -0.39 is 0 Å². The molecule has 2 heterocycles. The minimum absolute atomic E-state index is 0.00588. The minimum Gasteiger partial charge on any atom is -0.296 e. The van der Waals surface area contributed by atoms with Crippen LogP contribution in [0.15, 0.2) is 30.6 Å². The maximum absolute atomic E-state index is 11.6. The number of amides is 1. The average molecular weight is 217 g/mol. The van der Waals surface area contributed by atoms with Crippen molar-refractivity contribution >= 4 is 17.4 Å².